The third kappa shape index (κ3) is 3.85. The van der Waals surface area contributed by atoms with Crippen LogP contribution in [-0.2, 0) is 0 Å². The Labute approximate surface area is 153 Å². The molecule has 25 heavy (non-hydrogen) atoms. The first-order valence-corrected chi connectivity index (χ1v) is 8.41. The van der Waals surface area contributed by atoms with Crippen LogP contribution in [0.25, 0.3) is 10.9 Å². The lowest BCUT2D eigenvalue weighted by Crippen LogP contribution is -2.18. The summed E-state index contributed by atoms with van der Waals surface area (Å²) in [6, 6.07) is 14.9. The van der Waals surface area contributed by atoms with Gasteiger partial charge in [0.25, 0.3) is 5.91 Å². The van der Waals surface area contributed by atoms with E-state index in [9.17, 15) is 4.79 Å². The van der Waals surface area contributed by atoms with Crippen molar-refractivity contribution >= 4 is 39.0 Å². The highest BCUT2D eigenvalue weighted by Crippen LogP contribution is 2.21. The van der Waals surface area contributed by atoms with Crippen LogP contribution >= 0.6 is 15.9 Å². The molecule has 3 aromatic rings. The quantitative estimate of drug-likeness (QED) is 0.532. The van der Waals surface area contributed by atoms with E-state index in [2.05, 4.69) is 31.4 Å². The standard InChI is InChI=1S/C19H16BrN3O2/c1-12-9-16(15-5-3-4-6-17(15)22-12)19(24)23-21-11-13-10-14(20)7-8-18(13)25-2/h3-11H,1-2H3,(H,23,24). The fourth-order valence-corrected chi connectivity index (χ4v) is 2.90. The molecule has 0 fully saturated rings. The van der Waals surface area contributed by atoms with Crippen molar-refractivity contribution in [1.82, 2.24) is 10.4 Å². The molecule has 0 unspecified atom stereocenters. The summed E-state index contributed by atoms with van der Waals surface area (Å²) in [4.78, 5) is 17.0. The zero-order valence-electron chi connectivity index (χ0n) is 13.8. The second kappa shape index (κ2) is 7.44. The van der Waals surface area contributed by atoms with Crippen molar-refractivity contribution in [3.8, 4) is 5.75 Å². The zero-order valence-corrected chi connectivity index (χ0v) is 15.4. The number of hydrazone groups is 1. The molecule has 2 aromatic carbocycles. The number of amides is 1. The number of benzene rings is 2. The van der Waals surface area contributed by atoms with Crippen LogP contribution in [0.3, 0.4) is 0 Å². The van der Waals surface area contributed by atoms with Gasteiger partial charge in [0, 0.05) is 21.1 Å². The van der Waals surface area contributed by atoms with Gasteiger partial charge in [-0.3, -0.25) is 9.78 Å². The molecule has 0 saturated heterocycles. The molecule has 1 amide bonds. The summed E-state index contributed by atoms with van der Waals surface area (Å²) in [5.41, 5.74) is 5.43. The number of carbonyl (C=O) groups is 1. The highest BCUT2D eigenvalue weighted by Gasteiger charge is 2.11. The lowest BCUT2D eigenvalue weighted by Gasteiger charge is -2.07. The normalized spacial score (nSPS) is 11.0. The van der Waals surface area contributed by atoms with Crippen molar-refractivity contribution in [2.45, 2.75) is 6.92 Å². The number of para-hydroxylation sites is 1. The highest BCUT2D eigenvalue weighted by molar-refractivity contribution is 9.10. The lowest BCUT2D eigenvalue weighted by molar-refractivity contribution is 0.0956. The van der Waals surface area contributed by atoms with Crippen LogP contribution in [-0.4, -0.2) is 24.2 Å². The van der Waals surface area contributed by atoms with Crippen LogP contribution in [0.1, 0.15) is 21.6 Å². The van der Waals surface area contributed by atoms with Crippen molar-refractivity contribution in [2.24, 2.45) is 5.10 Å². The van der Waals surface area contributed by atoms with Crippen molar-refractivity contribution in [3.63, 3.8) is 0 Å². The van der Waals surface area contributed by atoms with E-state index in [1.807, 2.05) is 49.4 Å². The Hall–Kier alpha value is -2.73. The lowest BCUT2D eigenvalue weighted by atomic mass is 10.1. The van der Waals surface area contributed by atoms with E-state index in [0.29, 0.717) is 11.3 Å². The van der Waals surface area contributed by atoms with Crippen molar-refractivity contribution < 1.29 is 9.53 Å². The van der Waals surface area contributed by atoms with Gasteiger partial charge < -0.3 is 4.74 Å². The van der Waals surface area contributed by atoms with Gasteiger partial charge in [0.15, 0.2) is 0 Å². The number of carbonyl (C=O) groups excluding carboxylic acids is 1. The van der Waals surface area contributed by atoms with Gasteiger partial charge >= 0.3 is 0 Å². The molecule has 0 radical (unpaired) electrons. The number of rotatable bonds is 4. The minimum atomic E-state index is -0.285. The second-order valence-electron chi connectivity index (χ2n) is 5.41. The number of fused-ring (bicyclic) bond motifs is 1. The summed E-state index contributed by atoms with van der Waals surface area (Å²) in [5, 5.41) is 4.85. The Morgan fingerprint density at radius 3 is 2.84 bits per heavy atom. The molecule has 0 aliphatic rings. The van der Waals surface area contributed by atoms with E-state index in [1.54, 1.807) is 19.4 Å². The number of aryl methyl sites for hydroxylation is 1. The number of hydrogen-bond acceptors (Lipinski definition) is 4. The average Bonchev–Trinajstić information content (AvgIpc) is 2.61. The summed E-state index contributed by atoms with van der Waals surface area (Å²) in [6.07, 6.45) is 1.55. The van der Waals surface area contributed by atoms with Crippen molar-refractivity contribution in [2.75, 3.05) is 7.11 Å². The molecule has 0 bridgehead atoms. The topological polar surface area (TPSA) is 63.6 Å². The Kier molecular flexibility index (Phi) is 5.09. The van der Waals surface area contributed by atoms with Gasteiger partial charge in [0.2, 0.25) is 0 Å². The Balaban J connectivity index is 1.85. The predicted molar refractivity (Wildman–Crippen MR) is 102 cm³/mol. The Morgan fingerprint density at radius 1 is 1.24 bits per heavy atom. The minimum absolute atomic E-state index is 0.285. The molecule has 0 spiro atoms. The summed E-state index contributed by atoms with van der Waals surface area (Å²) in [7, 11) is 1.59. The fourth-order valence-electron chi connectivity index (χ4n) is 2.52. The van der Waals surface area contributed by atoms with Crippen LogP contribution < -0.4 is 10.2 Å². The second-order valence-corrected chi connectivity index (χ2v) is 6.33. The number of hydrogen-bond donors (Lipinski definition) is 1. The van der Waals surface area contributed by atoms with Gasteiger partial charge in [-0.1, -0.05) is 34.1 Å². The van der Waals surface area contributed by atoms with E-state index >= 15 is 0 Å². The van der Waals surface area contributed by atoms with Gasteiger partial charge in [-0.15, -0.1) is 0 Å². The molecular formula is C19H16BrN3O2. The first-order chi connectivity index (χ1) is 12.1. The molecule has 1 N–H and O–H groups in total. The minimum Gasteiger partial charge on any atom is -0.496 e. The van der Waals surface area contributed by atoms with E-state index in [4.69, 9.17) is 4.74 Å². The Bertz CT molecular complexity index is 970. The maximum absolute atomic E-state index is 12.5. The number of aromatic nitrogens is 1. The van der Waals surface area contributed by atoms with Gasteiger partial charge in [0.05, 0.1) is 24.4 Å². The first kappa shape index (κ1) is 17.1. The summed E-state index contributed by atoms with van der Waals surface area (Å²) in [5.74, 6) is 0.387. The number of pyridine rings is 1. The largest absolute Gasteiger partial charge is 0.496 e. The third-order valence-electron chi connectivity index (χ3n) is 3.65. The predicted octanol–water partition coefficient (Wildman–Crippen LogP) is 4.08. The number of nitrogens with zero attached hydrogens (tertiary/aromatic N) is 2. The van der Waals surface area contributed by atoms with E-state index < -0.39 is 0 Å². The molecule has 0 aliphatic carbocycles. The molecule has 126 valence electrons. The van der Waals surface area contributed by atoms with Gasteiger partial charge in [0.1, 0.15) is 5.75 Å². The summed E-state index contributed by atoms with van der Waals surface area (Å²) < 4.78 is 6.18. The maximum atomic E-state index is 12.5. The summed E-state index contributed by atoms with van der Waals surface area (Å²) >= 11 is 3.41. The van der Waals surface area contributed by atoms with Gasteiger partial charge in [-0.2, -0.15) is 5.10 Å². The van der Waals surface area contributed by atoms with Crippen LogP contribution in [0.15, 0.2) is 58.1 Å². The molecule has 3 rings (SSSR count). The first-order valence-electron chi connectivity index (χ1n) is 7.62. The number of ether oxygens (including phenoxy) is 1. The zero-order chi connectivity index (χ0) is 17.8. The molecular weight excluding hydrogens is 382 g/mol. The van der Waals surface area contributed by atoms with Gasteiger partial charge in [-0.05, 0) is 37.3 Å². The number of nitrogens with one attached hydrogen (secondary N) is 1. The smallest absolute Gasteiger partial charge is 0.272 e. The Morgan fingerprint density at radius 2 is 2.04 bits per heavy atom. The highest BCUT2D eigenvalue weighted by atomic mass is 79.9. The molecule has 0 atom stereocenters. The monoisotopic (exact) mass is 397 g/mol. The van der Waals surface area contributed by atoms with Gasteiger partial charge in [-0.25, -0.2) is 5.43 Å². The van der Waals surface area contributed by atoms with E-state index in [0.717, 1.165) is 26.6 Å². The van der Waals surface area contributed by atoms with Crippen molar-refractivity contribution in [1.29, 1.82) is 0 Å². The summed E-state index contributed by atoms with van der Waals surface area (Å²) in [6.45, 7) is 1.86. The molecule has 1 heterocycles. The van der Waals surface area contributed by atoms with Crippen molar-refractivity contribution in [3.05, 3.63) is 69.8 Å². The van der Waals surface area contributed by atoms with Crippen LogP contribution in [0.4, 0.5) is 0 Å². The maximum Gasteiger partial charge on any atom is 0.272 e. The third-order valence-corrected chi connectivity index (χ3v) is 4.14. The number of halogens is 1. The average molecular weight is 398 g/mol. The SMILES string of the molecule is COc1ccc(Br)cc1C=NNC(=O)c1cc(C)nc2ccccc12. The molecule has 5 nitrogen and oxygen atoms in total. The van der Waals surface area contributed by atoms with Crippen LogP contribution in [0, 0.1) is 6.92 Å². The molecule has 0 saturated carbocycles. The molecule has 6 heteroatoms. The molecule has 1 aromatic heterocycles. The van der Waals surface area contributed by atoms with E-state index in [-0.39, 0.29) is 5.91 Å². The van der Waals surface area contributed by atoms with Crippen LogP contribution in [0.2, 0.25) is 0 Å². The fraction of sp³-hybridized carbons (Fsp3) is 0.105. The number of methoxy groups -OCH3 is 1. The van der Waals surface area contributed by atoms with E-state index in [1.165, 1.54) is 0 Å². The molecule has 0 aliphatic heterocycles. The van der Waals surface area contributed by atoms with Crippen LogP contribution in [0.5, 0.6) is 5.75 Å².